The third-order valence-corrected chi connectivity index (χ3v) is 4.35. The molecule has 0 radical (unpaired) electrons. The summed E-state index contributed by atoms with van der Waals surface area (Å²) < 4.78 is 21.5. The van der Waals surface area contributed by atoms with Gasteiger partial charge in [-0.3, -0.25) is 0 Å². The first-order chi connectivity index (χ1) is 11.6. The predicted octanol–water partition coefficient (Wildman–Crippen LogP) is 2.62. The van der Waals surface area contributed by atoms with Gasteiger partial charge in [-0.15, -0.1) is 0 Å². The Kier molecular flexibility index (Phi) is 3.45. The molecule has 0 atom stereocenters. The minimum Gasteiger partial charge on any atom is -0.495 e. The van der Waals surface area contributed by atoms with E-state index in [1.807, 2.05) is 6.07 Å². The molecule has 1 fully saturated rings. The summed E-state index contributed by atoms with van der Waals surface area (Å²) in [5.41, 5.74) is 3.17. The lowest BCUT2D eigenvalue weighted by Crippen LogP contribution is -2.05. The molecule has 0 amide bonds. The van der Waals surface area contributed by atoms with Crippen molar-refractivity contribution < 1.29 is 14.2 Å². The van der Waals surface area contributed by atoms with Gasteiger partial charge >= 0.3 is 0 Å². The molecular weight excluding hydrogens is 311 g/mol. The van der Waals surface area contributed by atoms with Crippen LogP contribution in [0.4, 0.5) is 4.39 Å². The van der Waals surface area contributed by atoms with Crippen LogP contribution < -0.4 is 4.74 Å². The number of aliphatic hydroxyl groups is 1. The maximum Gasteiger partial charge on any atom is 0.157 e. The number of aliphatic hydroxyl groups excluding tert-OH is 1. The number of methoxy groups -OCH3 is 1. The highest BCUT2D eigenvalue weighted by molar-refractivity contribution is 5.62. The molecule has 124 valence electrons. The van der Waals surface area contributed by atoms with Crippen molar-refractivity contribution in [1.29, 1.82) is 0 Å². The van der Waals surface area contributed by atoms with Gasteiger partial charge < -0.3 is 9.84 Å². The first kappa shape index (κ1) is 15.0. The maximum atomic E-state index is 14.5. The first-order valence-electron chi connectivity index (χ1n) is 7.82. The summed E-state index contributed by atoms with van der Waals surface area (Å²) >= 11 is 0. The molecule has 3 aromatic rings. The lowest BCUT2D eigenvalue weighted by molar-refractivity contribution is 0.280. The van der Waals surface area contributed by atoms with Crippen LogP contribution in [0.5, 0.6) is 5.75 Å². The Hall–Kier alpha value is -2.54. The van der Waals surface area contributed by atoms with E-state index in [2.05, 4.69) is 15.1 Å². The monoisotopic (exact) mass is 328 g/mol. The molecule has 1 N–H and O–H groups in total. The normalized spacial score (nSPS) is 14.3. The molecule has 4 rings (SSSR count). The van der Waals surface area contributed by atoms with Crippen molar-refractivity contribution in [2.45, 2.75) is 32.3 Å². The third kappa shape index (κ3) is 2.32. The molecular formula is C17H17FN4O2. The van der Waals surface area contributed by atoms with Gasteiger partial charge in [-0.2, -0.15) is 5.10 Å². The van der Waals surface area contributed by atoms with Gasteiger partial charge in [0.15, 0.2) is 11.5 Å². The van der Waals surface area contributed by atoms with Gasteiger partial charge in [0.2, 0.25) is 0 Å². The number of hydrogen-bond acceptors (Lipinski definition) is 5. The standard InChI is InChI=1S/C17H17FN4O2/c1-9-11(8-23)5-12(18)17(20-9)13-7-19-15-6-14(24-2)16(10-3-4-10)21-22(13)15/h5-7,10,23H,3-4,8H2,1-2H3. The number of pyridine rings is 1. The van der Waals surface area contributed by atoms with Crippen LogP contribution in [0.1, 0.15) is 35.7 Å². The summed E-state index contributed by atoms with van der Waals surface area (Å²) in [6.45, 7) is 1.49. The lowest BCUT2D eigenvalue weighted by Gasteiger charge is -2.10. The van der Waals surface area contributed by atoms with E-state index in [0.29, 0.717) is 34.3 Å². The third-order valence-electron chi connectivity index (χ3n) is 4.35. The first-order valence-corrected chi connectivity index (χ1v) is 7.82. The molecule has 0 unspecified atom stereocenters. The fourth-order valence-electron chi connectivity index (χ4n) is 2.83. The molecule has 3 heterocycles. The van der Waals surface area contributed by atoms with Crippen molar-refractivity contribution in [3.05, 3.63) is 41.1 Å². The SMILES string of the molecule is COc1cc2ncc(-c3nc(C)c(CO)cc3F)n2nc1C1CC1. The van der Waals surface area contributed by atoms with Crippen molar-refractivity contribution in [2.75, 3.05) is 7.11 Å². The number of hydrogen-bond donors (Lipinski definition) is 1. The quantitative estimate of drug-likeness (QED) is 0.797. The minimum atomic E-state index is -0.503. The zero-order valence-electron chi connectivity index (χ0n) is 13.5. The summed E-state index contributed by atoms with van der Waals surface area (Å²) in [5.74, 6) is 0.593. The Morgan fingerprint density at radius 1 is 1.38 bits per heavy atom. The van der Waals surface area contributed by atoms with Gasteiger partial charge in [0, 0.05) is 23.2 Å². The molecule has 1 aliphatic carbocycles. The van der Waals surface area contributed by atoms with Gasteiger partial charge in [0.25, 0.3) is 0 Å². The number of ether oxygens (including phenoxy) is 1. The van der Waals surface area contributed by atoms with Gasteiger partial charge in [-0.25, -0.2) is 18.9 Å². The molecule has 3 aromatic heterocycles. The van der Waals surface area contributed by atoms with Crippen LogP contribution in [0.2, 0.25) is 0 Å². The molecule has 1 aliphatic rings. The second-order valence-electron chi connectivity index (χ2n) is 6.01. The van der Waals surface area contributed by atoms with Crippen LogP contribution in [0, 0.1) is 12.7 Å². The fourth-order valence-corrected chi connectivity index (χ4v) is 2.83. The second-order valence-corrected chi connectivity index (χ2v) is 6.01. The van der Waals surface area contributed by atoms with Crippen LogP contribution in [0.3, 0.4) is 0 Å². The van der Waals surface area contributed by atoms with E-state index in [-0.39, 0.29) is 12.3 Å². The minimum absolute atomic E-state index is 0.177. The highest BCUT2D eigenvalue weighted by atomic mass is 19.1. The largest absolute Gasteiger partial charge is 0.495 e. The van der Waals surface area contributed by atoms with Gasteiger partial charge in [-0.1, -0.05) is 0 Å². The number of aromatic nitrogens is 4. The number of imidazole rings is 1. The van der Waals surface area contributed by atoms with Crippen molar-refractivity contribution in [2.24, 2.45) is 0 Å². The van der Waals surface area contributed by atoms with Crippen LogP contribution in [0.15, 0.2) is 18.3 Å². The maximum absolute atomic E-state index is 14.5. The summed E-state index contributed by atoms with van der Waals surface area (Å²) in [6, 6.07) is 3.12. The zero-order chi connectivity index (χ0) is 16.8. The Labute approximate surface area is 137 Å². The van der Waals surface area contributed by atoms with Gasteiger partial charge in [-0.05, 0) is 25.8 Å². The Morgan fingerprint density at radius 2 is 2.17 bits per heavy atom. The Balaban J connectivity index is 1.91. The van der Waals surface area contributed by atoms with Crippen LogP contribution in [-0.4, -0.2) is 31.8 Å². The Morgan fingerprint density at radius 3 is 2.83 bits per heavy atom. The summed E-state index contributed by atoms with van der Waals surface area (Å²) in [4.78, 5) is 8.60. The lowest BCUT2D eigenvalue weighted by atomic mass is 10.1. The number of halogens is 1. The summed E-state index contributed by atoms with van der Waals surface area (Å²) in [6.07, 6.45) is 3.72. The van der Waals surface area contributed by atoms with Gasteiger partial charge in [0.1, 0.15) is 22.8 Å². The Bertz CT molecular complexity index is 934. The summed E-state index contributed by atoms with van der Waals surface area (Å²) in [5, 5.41) is 13.9. The number of nitrogens with zero attached hydrogens (tertiary/aromatic N) is 4. The van der Waals surface area contributed by atoms with E-state index in [4.69, 9.17) is 4.74 Å². The van der Waals surface area contributed by atoms with Crippen molar-refractivity contribution >= 4 is 5.65 Å². The molecule has 1 saturated carbocycles. The van der Waals surface area contributed by atoms with E-state index in [9.17, 15) is 9.50 Å². The van der Waals surface area contributed by atoms with Crippen LogP contribution >= 0.6 is 0 Å². The average molecular weight is 328 g/mol. The molecule has 6 nitrogen and oxygen atoms in total. The highest BCUT2D eigenvalue weighted by Crippen LogP contribution is 2.43. The number of rotatable bonds is 4. The molecule has 0 aliphatic heterocycles. The topological polar surface area (TPSA) is 72.5 Å². The average Bonchev–Trinajstić information content (AvgIpc) is 3.35. The van der Waals surface area contributed by atoms with E-state index in [0.717, 1.165) is 18.5 Å². The van der Waals surface area contributed by atoms with E-state index in [1.165, 1.54) is 6.07 Å². The number of aryl methyl sites for hydroxylation is 1. The second kappa shape index (κ2) is 5.52. The van der Waals surface area contributed by atoms with Gasteiger partial charge in [0.05, 0.1) is 19.9 Å². The molecule has 24 heavy (non-hydrogen) atoms. The van der Waals surface area contributed by atoms with E-state index < -0.39 is 5.82 Å². The molecule has 0 bridgehead atoms. The predicted molar refractivity (Wildman–Crippen MR) is 85.4 cm³/mol. The van der Waals surface area contributed by atoms with Crippen molar-refractivity contribution in [3.63, 3.8) is 0 Å². The smallest absolute Gasteiger partial charge is 0.157 e. The van der Waals surface area contributed by atoms with Crippen LogP contribution in [0.25, 0.3) is 17.0 Å². The van der Waals surface area contributed by atoms with Crippen molar-refractivity contribution in [3.8, 4) is 17.1 Å². The zero-order valence-corrected chi connectivity index (χ0v) is 13.5. The number of fused-ring (bicyclic) bond motifs is 1. The van der Waals surface area contributed by atoms with E-state index >= 15 is 0 Å². The fraction of sp³-hybridized carbons (Fsp3) is 0.353. The highest BCUT2D eigenvalue weighted by Gasteiger charge is 2.30. The van der Waals surface area contributed by atoms with Crippen molar-refractivity contribution in [1.82, 2.24) is 19.6 Å². The van der Waals surface area contributed by atoms with Crippen LogP contribution in [-0.2, 0) is 6.61 Å². The molecule has 0 saturated heterocycles. The molecule has 7 heteroatoms. The molecule has 0 aromatic carbocycles. The summed E-state index contributed by atoms with van der Waals surface area (Å²) in [7, 11) is 1.61. The van der Waals surface area contributed by atoms with E-state index in [1.54, 1.807) is 24.7 Å². The molecule has 0 spiro atoms.